The molecule has 3 aromatic carbocycles. The number of carbonyl (C=O) groups excluding carboxylic acids is 1. The zero-order chi connectivity index (χ0) is 25.4. The van der Waals surface area contributed by atoms with E-state index >= 15 is 0 Å². The maximum atomic E-state index is 13.5. The number of amides is 1. The Hall–Kier alpha value is -3.75. The molecule has 2 saturated heterocycles. The van der Waals surface area contributed by atoms with Gasteiger partial charge in [-0.05, 0) is 54.8 Å². The van der Waals surface area contributed by atoms with Crippen molar-refractivity contribution < 1.29 is 13.2 Å². The number of anilines is 1. The van der Waals surface area contributed by atoms with E-state index in [1.54, 1.807) is 48.7 Å². The predicted octanol–water partition coefficient (Wildman–Crippen LogP) is 4.52. The van der Waals surface area contributed by atoms with Crippen LogP contribution in [-0.2, 0) is 16.6 Å². The average molecular weight is 513 g/mol. The van der Waals surface area contributed by atoms with Crippen molar-refractivity contribution in [3.63, 3.8) is 0 Å². The Kier molecular flexibility index (Phi) is 6.14. The van der Waals surface area contributed by atoms with Gasteiger partial charge >= 0.3 is 0 Å². The minimum atomic E-state index is -3.85. The third-order valence-corrected chi connectivity index (χ3v) is 8.72. The van der Waals surface area contributed by atoms with Gasteiger partial charge in [0.15, 0.2) is 0 Å². The molecule has 0 spiro atoms. The van der Waals surface area contributed by atoms with Crippen molar-refractivity contribution >= 4 is 32.5 Å². The molecule has 2 aliphatic rings. The zero-order valence-corrected chi connectivity index (χ0v) is 21.1. The number of likely N-dealkylation sites (tertiary alicyclic amines) is 1. The van der Waals surface area contributed by atoms with Gasteiger partial charge in [0.1, 0.15) is 4.90 Å². The van der Waals surface area contributed by atoms with Crippen LogP contribution in [0.4, 0.5) is 5.69 Å². The number of carbonyl (C=O) groups is 1. The summed E-state index contributed by atoms with van der Waals surface area (Å²) in [6.07, 6.45) is 3.60. The number of piperazine rings is 1. The third kappa shape index (κ3) is 4.70. The number of benzene rings is 3. The van der Waals surface area contributed by atoms with Crippen LogP contribution in [-0.4, -0.2) is 54.3 Å². The maximum absolute atomic E-state index is 13.5. The van der Waals surface area contributed by atoms with Gasteiger partial charge in [0.25, 0.3) is 15.9 Å². The van der Waals surface area contributed by atoms with E-state index in [1.807, 2.05) is 23.1 Å². The lowest BCUT2D eigenvalue weighted by molar-refractivity contribution is 0.0405. The lowest BCUT2D eigenvalue weighted by atomic mass is 10.1. The molecular formula is C29H28N4O3S. The van der Waals surface area contributed by atoms with Crippen LogP contribution in [0.1, 0.15) is 28.8 Å². The van der Waals surface area contributed by atoms with Crippen LogP contribution in [0.5, 0.6) is 0 Å². The molecule has 1 aromatic heterocycles. The lowest BCUT2D eigenvalue weighted by Gasteiger charge is -2.41. The van der Waals surface area contributed by atoms with E-state index in [1.165, 1.54) is 5.56 Å². The van der Waals surface area contributed by atoms with Crippen molar-refractivity contribution in [2.45, 2.75) is 36.4 Å². The van der Waals surface area contributed by atoms with Gasteiger partial charge in [0.05, 0.1) is 5.52 Å². The number of fused-ring (bicyclic) bond motifs is 3. The molecule has 2 bridgehead atoms. The molecule has 37 heavy (non-hydrogen) atoms. The molecule has 6 rings (SSSR count). The van der Waals surface area contributed by atoms with Gasteiger partial charge in [0, 0.05) is 54.6 Å². The largest absolute Gasteiger partial charge is 0.330 e. The molecule has 0 aliphatic carbocycles. The molecule has 1 N–H and O–H groups in total. The second-order valence-electron chi connectivity index (χ2n) is 9.79. The summed E-state index contributed by atoms with van der Waals surface area (Å²) in [5.74, 6) is 0.0134. The molecular weight excluding hydrogens is 484 g/mol. The van der Waals surface area contributed by atoms with Gasteiger partial charge in [-0.25, -0.2) is 8.42 Å². The molecule has 2 unspecified atom stereocenters. The first kappa shape index (κ1) is 23.6. The summed E-state index contributed by atoms with van der Waals surface area (Å²) >= 11 is 0. The smallest absolute Gasteiger partial charge is 0.264 e. The Balaban J connectivity index is 1.15. The summed E-state index contributed by atoms with van der Waals surface area (Å²) in [5, 5.41) is 0.754. The SMILES string of the molecule is O=C(c1ccc(NS(=O)(=O)c2cccc3cccnc23)cc1)N1C2CCC1CN(Cc1ccccc1)C2. The highest BCUT2D eigenvalue weighted by Crippen LogP contribution is 2.32. The highest BCUT2D eigenvalue weighted by atomic mass is 32.2. The van der Waals surface area contributed by atoms with Gasteiger partial charge in [-0.1, -0.05) is 48.5 Å². The first-order valence-corrected chi connectivity index (χ1v) is 14.0. The first-order valence-electron chi connectivity index (χ1n) is 12.5. The highest BCUT2D eigenvalue weighted by Gasteiger charge is 2.42. The summed E-state index contributed by atoms with van der Waals surface area (Å²) in [5.41, 5.74) is 2.69. The summed E-state index contributed by atoms with van der Waals surface area (Å²) in [4.78, 5) is 22.3. The van der Waals surface area contributed by atoms with Gasteiger partial charge in [0.2, 0.25) is 0 Å². The third-order valence-electron chi connectivity index (χ3n) is 7.31. The topological polar surface area (TPSA) is 82.6 Å². The molecule has 0 saturated carbocycles. The summed E-state index contributed by atoms with van der Waals surface area (Å²) in [7, 11) is -3.85. The Morgan fingerprint density at radius 2 is 1.57 bits per heavy atom. The molecule has 8 heteroatoms. The van der Waals surface area contributed by atoms with Crippen molar-refractivity contribution in [1.29, 1.82) is 0 Å². The van der Waals surface area contributed by atoms with Crippen LogP contribution in [0, 0.1) is 0 Å². The number of hydrogen-bond donors (Lipinski definition) is 1. The number of nitrogens with one attached hydrogen (secondary N) is 1. The van der Waals surface area contributed by atoms with Crippen molar-refractivity contribution in [2.75, 3.05) is 17.8 Å². The van der Waals surface area contributed by atoms with E-state index in [0.717, 1.165) is 37.9 Å². The van der Waals surface area contributed by atoms with E-state index in [4.69, 9.17) is 0 Å². The fourth-order valence-electron chi connectivity index (χ4n) is 5.63. The van der Waals surface area contributed by atoms with E-state index in [-0.39, 0.29) is 22.9 Å². The Morgan fingerprint density at radius 3 is 2.30 bits per heavy atom. The van der Waals surface area contributed by atoms with Crippen molar-refractivity contribution in [3.8, 4) is 0 Å². The minimum absolute atomic E-state index is 0.0134. The lowest BCUT2D eigenvalue weighted by Crippen LogP contribution is -2.55. The summed E-state index contributed by atoms with van der Waals surface area (Å²) in [6.45, 7) is 2.64. The number of sulfonamides is 1. The van der Waals surface area contributed by atoms with E-state index in [9.17, 15) is 13.2 Å². The van der Waals surface area contributed by atoms with Gasteiger partial charge in [-0.2, -0.15) is 0 Å². The fraction of sp³-hybridized carbons (Fsp3) is 0.241. The predicted molar refractivity (Wildman–Crippen MR) is 144 cm³/mol. The Morgan fingerprint density at radius 1 is 0.865 bits per heavy atom. The quantitative estimate of drug-likeness (QED) is 0.411. The summed E-state index contributed by atoms with van der Waals surface area (Å²) < 4.78 is 28.8. The average Bonchev–Trinajstić information content (AvgIpc) is 3.18. The number of hydrogen-bond acceptors (Lipinski definition) is 5. The normalized spacial score (nSPS) is 19.7. The fourth-order valence-corrected chi connectivity index (χ4v) is 6.86. The molecule has 2 fully saturated rings. The molecule has 0 radical (unpaired) electrons. The molecule has 7 nitrogen and oxygen atoms in total. The molecule has 3 heterocycles. The molecule has 2 aliphatic heterocycles. The number of para-hydroxylation sites is 1. The van der Waals surface area contributed by atoms with Gasteiger partial charge in [-0.15, -0.1) is 0 Å². The second-order valence-corrected chi connectivity index (χ2v) is 11.4. The van der Waals surface area contributed by atoms with Crippen LogP contribution in [0.25, 0.3) is 10.9 Å². The van der Waals surface area contributed by atoms with E-state index in [2.05, 4.69) is 38.9 Å². The highest BCUT2D eigenvalue weighted by molar-refractivity contribution is 7.93. The molecule has 188 valence electrons. The standard InChI is InChI=1S/C29H28N4O3S/c34-29(33-25-15-16-26(33)20-32(19-25)18-21-6-2-1-3-7-21)23-11-13-24(14-12-23)31-37(35,36)27-10-4-8-22-9-5-17-30-28(22)27/h1-14,17,25-26,31H,15-16,18-20H2. The van der Waals surface area contributed by atoms with Gasteiger partial charge < -0.3 is 4.90 Å². The van der Waals surface area contributed by atoms with Crippen molar-refractivity contribution in [3.05, 3.63) is 102 Å². The van der Waals surface area contributed by atoms with Crippen LogP contribution in [0.2, 0.25) is 0 Å². The number of nitrogens with zero attached hydrogens (tertiary/aromatic N) is 3. The van der Waals surface area contributed by atoms with Crippen LogP contribution >= 0.6 is 0 Å². The van der Waals surface area contributed by atoms with Crippen LogP contribution < -0.4 is 4.72 Å². The second kappa shape index (κ2) is 9.61. The minimum Gasteiger partial charge on any atom is -0.330 e. The van der Waals surface area contributed by atoms with Crippen LogP contribution in [0.3, 0.4) is 0 Å². The van der Waals surface area contributed by atoms with Crippen molar-refractivity contribution in [1.82, 2.24) is 14.8 Å². The Bertz CT molecular complexity index is 1520. The van der Waals surface area contributed by atoms with E-state index < -0.39 is 10.0 Å². The van der Waals surface area contributed by atoms with Crippen molar-refractivity contribution in [2.24, 2.45) is 0 Å². The monoisotopic (exact) mass is 512 g/mol. The first-order chi connectivity index (χ1) is 18.0. The number of aromatic nitrogens is 1. The maximum Gasteiger partial charge on any atom is 0.264 e. The summed E-state index contributed by atoms with van der Waals surface area (Å²) in [6, 6.07) is 26.2. The number of pyridine rings is 1. The molecule has 4 aromatic rings. The van der Waals surface area contributed by atoms with Crippen LogP contribution in [0.15, 0.2) is 96.0 Å². The zero-order valence-electron chi connectivity index (χ0n) is 20.3. The van der Waals surface area contributed by atoms with Gasteiger partial charge in [-0.3, -0.25) is 19.4 Å². The molecule has 1 amide bonds. The number of rotatable bonds is 6. The molecule has 2 atom stereocenters. The van der Waals surface area contributed by atoms with E-state index in [0.29, 0.717) is 16.8 Å². The Labute approximate surface area is 216 Å².